The van der Waals surface area contributed by atoms with E-state index in [1.165, 1.54) is 0 Å². The van der Waals surface area contributed by atoms with E-state index in [1.807, 2.05) is 37.3 Å². The third kappa shape index (κ3) is 6.33. The number of rotatable bonds is 7. The lowest BCUT2D eigenvalue weighted by atomic mass is 10.2. The van der Waals surface area contributed by atoms with Crippen LogP contribution in [0.5, 0.6) is 17.2 Å². The van der Waals surface area contributed by atoms with Crippen LogP contribution in [0.3, 0.4) is 0 Å². The van der Waals surface area contributed by atoms with Crippen molar-refractivity contribution in [3.05, 3.63) is 48.0 Å². The predicted octanol–water partition coefficient (Wildman–Crippen LogP) is 3.44. The number of ether oxygens (including phenoxy) is 3. The molecule has 0 saturated carbocycles. The van der Waals surface area contributed by atoms with E-state index in [2.05, 4.69) is 10.3 Å². The zero-order valence-corrected chi connectivity index (χ0v) is 16.9. The fraction of sp³-hybridized carbons (Fsp3) is 0.278. The number of hydrogen-bond donors (Lipinski definition) is 2. The molecule has 0 amide bonds. The first kappa shape index (κ1) is 20.9. The zero-order chi connectivity index (χ0) is 17.4. The second-order valence-electron chi connectivity index (χ2n) is 5.08. The predicted molar refractivity (Wildman–Crippen MR) is 112 cm³/mol. The number of methoxy groups -OCH3 is 2. The lowest BCUT2D eigenvalue weighted by Crippen LogP contribution is -2.23. The van der Waals surface area contributed by atoms with Crippen LogP contribution in [0.15, 0.2) is 47.5 Å². The number of nitrogens with two attached hydrogens (primary N) is 1. The number of nitrogens with one attached hydrogen (secondary N) is 1. The maximum absolute atomic E-state index is 5.89. The molecule has 0 aromatic heterocycles. The molecule has 0 aliphatic rings. The highest BCUT2D eigenvalue weighted by Crippen LogP contribution is 2.29. The van der Waals surface area contributed by atoms with Crippen molar-refractivity contribution in [3.63, 3.8) is 0 Å². The third-order valence-electron chi connectivity index (χ3n) is 3.38. The van der Waals surface area contributed by atoms with Gasteiger partial charge in [0, 0.05) is 11.8 Å². The van der Waals surface area contributed by atoms with Crippen molar-refractivity contribution >= 4 is 35.6 Å². The zero-order valence-electron chi connectivity index (χ0n) is 14.6. The quantitative estimate of drug-likeness (QED) is 0.288. The van der Waals surface area contributed by atoms with Crippen molar-refractivity contribution < 1.29 is 14.2 Å². The molecule has 0 bridgehead atoms. The van der Waals surface area contributed by atoms with E-state index in [0.29, 0.717) is 30.6 Å². The molecule has 136 valence electrons. The van der Waals surface area contributed by atoms with Crippen LogP contribution in [0.1, 0.15) is 5.56 Å². The Kier molecular flexibility index (Phi) is 8.90. The summed E-state index contributed by atoms with van der Waals surface area (Å²) in [4.78, 5) is 4.25. The van der Waals surface area contributed by atoms with Crippen molar-refractivity contribution in [2.75, 3.05) is 32.7 Å². The van der Waals surface area contributed by atoms with Gasteiger partial charge in [-0.1, -0.05) is 18.2 Å². The molecule has 0 heterocycles. The summed E-state index contributed by atoms with van der Waals surface area (Å²) in [5.74, 6) is 2.46. The first-order chi connectivity index (χ1) is 11.6. The average Bonchev–Trinajstić information content (AvgIpc) is 2.60. The standard InChI is InChI=1S/C18H23N3O3.HI/c1-13-6-4-5-7-15(13)24-11-10-20-18(19)21-14-8-9-16(22-2)17(12-14)23-3;/h4-9,12H,10-11H2,1-3H3,(H3,19,20,21);1H. The summed E-state index contributed by atoms with van der Waals surface area (Å²) in [5, 5.41) is 3.01. The smallest absolute Gasteiger partial charge is 0.193 e. The van der Waals surface area contributed by atoms with Gasteiger partial charge in [-0.05, 0) is 30.7 Å². The Hall–Kier alpha value is -2.16. The average molecular weight is 457 g/mol. The molecule has 2 aromatic carbocycles. The molecule has 6 nitrogen and oxygen atoms in total. The molecular formula is C18H24IN3O3. The molecule has 0 aliphatic heterocycles. The number of nitrogens with zero attached hydrogens (tertiary/aromatic N) is 1. The Morgan fingerprint density at radius 2 is 1.76 bits per heavy atom. The van der Waals surface area contributed by atoms with Gasteiger partial charge in [-0.25, -0.2) is 4.99 Å². The van der Waals surface area contributed by atoms with Crippen molar-refractivity contribution in [3.8, 4) is 17.2 Å². The highest BCUT2D eigenvalue weighted by Gasteiger charge is 2.05. The summed E-state index contributed by atoms with van der Waals surface area (Å²) in [6.45, 7) is 2.92. The van der Waals surface area contributed by atoms with E-state index in [-0.39, 0.29) is 24.0 Å². The van der Waals surface area contributed by atoms with Crippen LogP contribution in [0.25, 0.3) is 0 Å². The molecule has 0 atom stereocenters. The minimum Gasteiger partial charge on any atom is -0.493 e. The third-order valence-corrected chi connectivity index (χ3v) is 3.38. The van der Waals surface area contributed by atoms with Gasteiger partial charge >= 0.3 is 0 Å². The van der Waals surface area contributed by atoms with Gasteiger partial charge in [-0.15, -0.1) is 24.0 Å². The lowest BCUT2D eigenvalue weighted by molar-refractivity contribution is 0.326. The normalized spacial score (nSPS) is 10.6. The molecule has 25 heavy (non-hydrogen) atoms. The number of benzene rings is 2. The van der Waals surface area contributed by atoms with Crippen LogP contribution in [0, 0.1) is 6.92 Å². The summed E-state index contributed by atoms with van der Waals surface area (Å²) in [5.41, 5.74) is 7.76. The largest absolute Gasteiger partial charge is 0.493 e. The highest BCUT2D eigenvalue weighted by atomic mass is 127. The molecular weight excluding hydrogens is 433 g/mol. The van der Waals surface area contributed by atoms with Crippen LogP contribution in [-0.2, 0) is 0 Å². The Balaban J connectivity index is 0.00000312. The van der Waals surface area contributed by atoms with Crippen molar-refractivity contribution in [2.24, 2.45) is 10.7 Å². The van der Waals surface area contributed by atoms with E-state index < -0.39 is 0 Å². The van der Waals surface area contributed by atoms with Crippen LogP contribution in [0.4, 0.5) is 5.69 Å². The maximum atomic E-state index is 5.89. The number of hydrogen-bond acceptors (Lipinski definition) is 4. The van der Waals surface area contributed by atoms with Gasteiger partial charge in [0.25, 0.3) is 0 Å². The van der Waals surface area contributed by atoms with Crippen molar-refractivity contribution in [2.45, 2.75) is 6.92 Å². The van der Waals surface area contributed by atoms with Crippen molar-refractivity contribution in [1.82, 2.24) is 0 Å². The molecule has 2 aromatic rings. The molecule has 2 rings (SSSR count). The number of halogens is 1. The lowest BCUT2D eigenvalue weighted by Gasteiger charge is -2.11. The van der Waals surface area contributed by atoms with Gasteiger partial charge < -0.3 is 25.3 Å². The minimum absolute atomic E-state index is 0. The van der Waals surface area contributed by atoms with Gasteiger partial charge in [0.1, 0.15) is 12.4 Å². The van der Waals surface area contributed by atoms with E-state index in [0.717, 1.165) is 17.0 Å². The first-order valence-corrected chi connectivity index (χ1v) is 7.61. The molecule has 3 N–H and O–H groups in total. The number of aliphatic imine (C=N–C) groups is 1. The Bertz CT molecular complexity index is 708. The number of guanidine groups is 1. The molecule has 7 heteroatoms. The Labute approximate surface area is 165 Å². The van der Waals surface area contributed by atoms with Gasteiger partial charge in [-0.3, -0.25) is 0 Å². The summed E-state index contributed by atoms with van der Waals surface area (Å²) in [6, 6.07) is 13.3. The summed E-state index contributed by atoms with van der Waals surface area (Å²) < 4.78 is 16.1. The highest BCUT2D eigenvalue weighted by molar-refractivity contribution is 14.0. The maximum Gasteiger partial charge on any atom is 0.193 e. The number of para-hydroxylation sites is 1. The minimum atomic E-state index is 0. The van der Waals surface area contributed by atoms with Crippen molar-refractivity contribution in [1.29, 1.82) is 0 Å². The van der Waals surface area contributed by atoms with E-state index in [4.69, 9.17) is 19.9 Å². The summed E-state index contributed by atoms with van der Waals surface area (Å²) in [6.07, 6.45) is 0. The van der Waals surface area contributed by atoms with Gasteiger partial charge in [0.05, 0.1) is 20.8 Å². The molecule has 0 saturated heterocycles. The summed E-state index contributed by atoms with van der Waals surface area (Å²) in [7, 11) is 3.18. The van der Waals surface area contributed by atoms with Gasteiger partial charge in [0.2, 0.25) is 0 Å². The van der Waals surface area contributed by atoms with Crippen LogP contribution in [0.2, 0.25) is 0 Å². The molecule has 0 spiro atoms. The second kappa shape index (κ2) is 10.7. The molecule has 0 unspecified atom stereocenters. The molecule has 0 radical (unpaired) electrons. The van der Waals surface area contributed by atoms with E-state index in [1.54, 1.807) is 26.4 Å². The van der Waals surface area contributed by atoms with E-state index in [9.17, 15) is 0 Å². The fourth-order valence-electron chi connectivity index (χ4n) is 2.14. The Morgan fingerprint density at radius 3 is 2.44 bits per heavy atom. The van der Waals surface area contributed by atoms with Crippen LogP contribution >= 0.6 is 24.0 Å². The number of aryl methyl sites for hydroxylation is 1. The first-order valence-electron chi connectivity index (χ1n) is 7.61. The monoisotopic (exact) mass is 457 g/mol. The Morgan fingerprint density at radius 1 is 1.04 bits per heavy atom. The van der Waals surface area contributed by atoms with E-state index >= 15 is 0 Å². The SMILES string of the molecule is COc1ccc(NC(N)=NCCOc2ccccc2C)cc1OC.I. The number of anilines is 1. The topological polar surface area (TPSA) is 78.1 Å². The van der Waals surface area contributed by atoms with Gasteiger partial charge in [-0.2, -0.15) is 0 Å². The molecule has 0 aliphatic carbocycles. The molecule has 0 fully saturated rings. The fourth-order valence-corrected chi connectivity index (χ4v) is 2.14. The second-order valence-corrected chi connectivity index (χ2v) is 5.08. The van der Waals surface area contributed by atoms with Gasteiger partial charge in [0.15, 0.2) is 17.5 Å². The van der Waals surface area contributed by atoms with Crippen LogP contribution in [-0.4, -0.2) is 33.3 Å². The summed E-state index contributed by atoms with van der Waals surface area (Å²) >= 11 is 0. The van der Waals surface area contributed by atoms with Crippen LogP contribution < -0.4 is 25.3 Å².